The van der Waals surface area contributed by atoms with Crippen LogP contribution < -0.4 is 11.3 Å². The Morgan fingerprint density at radius 3 is 3.00 bits per heavy atom. The van der Waals surface area contributed by atoms with Gasteiger partial charge < -0.3 is 4.57 Å². The summed E-state index contributed by atoms with van der Waals surface area (Å²) in [6.45, 7) is 0. The summed E-state index contributed by atoms with van der Waals surface area (Å²) in [5.74, 6) is 6.35. The summed E-state index contributed by atoms with van der Waals surface area (Å²) in [7, 11) is 1.97. The molecule has 0 radical (unpaired) electrons. The van der Waals surface area contributed by atoms with E-state index in [4.69, 9.17) is 5.84 Å². The molecule has 1 aromatic heterocycles. The molecule has 1 aliphatic rings. The predicted molar refractivity (Wildman–Crippen MR) is 50.6 cm³/mol. The minimum atomic E-state index is 0.230. The Morgan fingerprint density at radius 1 is 1.77 bits per heavy atom. The quantitative estimate of drug-likeness (QED) is 0.530. The van der Waals surface area contributed by atoms with E-state index in [1.807, 2.05) is 24.1 Å². The molecule has 0 aliphatic heterocycles. The Kier molecular flexibility index (Phi) is 2.33. The zero-order valence-electron chi connectivity index (χ0n) is 7.90. The second-order valence-corrected chi connectivity index (χ2v) is 3.86. The molecule has 0 bridgehead atoms. The maximum absolute atomic E-state index is 5.49. The van der Waals surface area contributed by atoms with Crippen LogP contribution in [0, 0.1) is 5.92 Å². The first kappa shape index (κ1) is 8.72. The van der Waals surface area contributed by atoms with Gasteiger partial charge in [-0.25, -0.2) is 4.98 Å². The molecule has 1 heterocycles. The van der Waals surface area contributed by atoms with Crippen LogP contribution in [0.5, 0.6) is 0 Å². The fraction of sp³-hybridized carbons (Fsp3) is 0.667. The van der Waals surface area contributed by atoms with Gasteiger partial charge in [0, 0.05) is 13.2 Å². The number of nitrogens with two attached hydrogens (primary N) is 1. The molecule has 1 fully saturated rings. The van der Waals surface area contributed by atoms with Crippen molar-refractivity contribution in [1.29, 1.82) is 0 Å². The Balaban J connectivity index is 2.01. The topological polar surface area (TPSA) is 55.9 Å². The molecule has 13 heavy (non-hydrogen) atoms. The fourth-order valence-electron chi connectivity index (χ4n) is 1.57. The highest BCUT2D eigenvalue weighted by molar-refractivity contribution is 5.04. The van der Waals surface area contributed by atoms with Crippen molar-refractivity contribution in [2.75, 3.05) is 0 Å². The number of hydrogen-bond acceptors (Lipinski definition) is 3. The van der Waals surface area contributed by atoms with E-state index in [2.05, 4.69) is 10.4 Å². The van der Waals surface area contributed by atoms with Gasteiger partial charge >= 0.3 is 0 Å². The molecular formula is C9H16N4. The van der Waals surface area contributed by atoms with E-state index in [-0.39, 0.29) is 6.04 Å². The van der Waals surface area contributed by atoms with Crippen LogP contribution in [0.25, 0.3) is 0 Å². The minimum absolute atomic E-state index is 0.230. The molecule has 1 atom stereocenters. The molecule has 1 aliphatic carbocycles. The zero-order valence-corrected chi connectivity index (χ0v) is 7.90. The van der Waals surface area contributed by atoms with Gasteiger partial charge in [0.05, 0.1) is 18.1 Å². The highest BCUT2D eigenvalue weighted by Gasteiger charge is 2.26. The van der Waals surface area contributed by atoms with Crippen molar-refractivity contribution in [2.45, 2.75) is 25.3 Å². The molecule has 2 rings (SSSR count). The first-order valence-corrected chi connectivity index (χ1v) is 4.73. The molecule has 1 aromatic rings. The Bertz CT molecular complexity index is 277. The van der Waals surface area contributed by atoms with Gasteiger partial charge in [-0.3, -0.25) is 11.3 Å². The second-order valence-electron chi connectivity index (χ2n) is 3.86. The highest BCUT2D eigenvalue weighted by Crippen LogP contribution is 2.36. The van der Waals surface area contributed by atoms with Crippen LogP contribution in [0.15, 0.2) is 12.5 Å². The SMILES string of the molecule is Cn1cnc(C(CC2CC2)NN)c1. The first-order chi connectivity index (χ1) is 6.29. The van der Waals surface area contributed by atoms with Gasteiger partial charge in [0.25, 0.3) is 0 Å². The van der Waals surface area contributed by atoms with Crippen molar-refractivity contribution in [3.05, 3.63) is 18.2 Å². The van der Waals surface area contributed by atoms with Crippen molar-refractivity contribution in [2.24, 2.45) is 18.8 Å². The van der Waals surface area contributed by atoms with E-state index < -0.39 is 0 Å². The minimum Gasteiger partial charge on any atom is -0.340 e. The molecule has 0 aromatic carbocycles. The number of aromatic nitrogens is 2. The van der Waals surface area contributed by atoms with Gasteiger partial charge in [-0.15, -0.1) is 0 Å². The van der Waals surface area contributed by atoms with Crippen LogP contribution in [0.2, 0.25) is 0 Å². The summed E-state index contributed by atoms with van der Waals surface area (Å²) < 4.78 is 1.95. The Hall–Kier alpha value is -0.870. The second kappa shape index (κ2) is 3.47. The molecule has 0 saturated heterocycles. The van der Waals surface area contributed by atoms with Gasteiger partial charge in [-0.05, 0) is 12.3 Å². The lowest BCUT2D eigenvalue weighted by Gasteiger charge is -2.12. The number of nitrogens with one attached hydrogen (secondary N) is 1. The van der Waals surface area contributed by atoms with Gasteiger partial charge in [0.2, 0.25) is 0 Å². The largest absolute Gasteiger partial charge is 0.340 e. The average Bonchev–Trinajstić information content (AvgIpc) is 2.84. The van der Waals surface area contributed by atoms with Crippen LogP contribution in [0.1, 0.15) is 31.0 Å². The van der Waals surface area contributed by atoms with E-state index in [9.17, 15) is 0 Å². The third-order valence-electron chi connectivity index (χ3n) is 2.55. The summed E-state index contributed by atoms with van der Waals surface area (Å²) in [6.07, 6.45) is 7.66. The van der Waals surface area contributed by atoms with Gasteiger partial charge in [0.1, 0.15) is 0 Å². The zero-order chi connectivity index (χ0) is 9.26. The van der Waals surface area contributed by atoms with Crippen LogP contribution in [-0.2, 0) is 7.05 Å². The summed E-state index contributed by atoms with van der Waals surface area (Å²) in [6, 6.07) is 0.230. The molecular weight excluding hydrogens is 164 g/mol. The van der Waals surface area contributed by atoms with Crippen molar-refractivity contribution in [3.63, 3.8) is 0 Å². The van der Waals surface area contributed by atoms with E-state index >= 15 is 0 Å². The van der Waals surface area contributed by atoms with E-state index in [0.29, 0.717) is 0 Å². The normalized spacial score (nSPS) is 18.9. The molecule has 4 heteroatoms. The van der Waals surface area contributed by atoms with E-state index in [1.54, 1.807) is 0 Å². The lowest BCUT2D eigenvalue weighted by molar-refractivity contribution is 0.478. The fourth-order valence-corrected chi connectivity index (χ4v) is 1.57. The smallest absolute Gasteiger partial charge is 0.0947 e. The van der Waals surface area contributed by atoms with Gasteiger partial charge in [-0.1, -0.05) is 12.8 Å². The van der Waals surface area contributed by atoms with Crippen molar-refractivity contribution in [1.82, 2.24) is 15.0 Å². The Labute approximate surface area is 78.1 Å². The van der Waals surface area contributed by atoms with Crippen LogP contribution in [-0.4, -0.2) is 9.55 Å². The maximum Gasteiger partial charge on any atom is 0.0947 e. The standard InChI is InChI=1S/C9H16N4/c1-13-5-9(11-6-13)8(12-10)4-7-2-3-7/h5-8,12H,2-4,10H2,1H3. The summed E-state index contributed by atoms with van der Waals surface area (Å²) in [5, 5.41) is 0. The summed E-state index contributed by atoms with van der Waals surface area (Å²) >= 11 is 0. The number of hydrogen-bond donors (Lipinski definition) is 2. The molecule has 0 spiro atoms. The first-order valence-electron chi connectivity index (χ1n) is 4.73. The number of aryl methyl sites for hydroxylation is 1. The number of imidazole rings is 1. The summed E-state index contributed by atoms with van der Waals surface area (Å²) in [4.78, 5) is 4.29. The molecule has 4 nitrogen and oxygen atoms in total. The highest BCUT2D eigenvalue weighted by atomic mass is 15.2. The predicted octanol–water partition coefficient (Wildman–Crippen LogP) is 0.725. The van der Waals surface area contributed by atoms with Crippen molar-refractivity contribution < 1.29 is 0 Å². The average molecular weight is 180 g/mol. The third kappa shape index (κ3) is 2.08. The van der Waals surface area contributed by atoms with E-state index in [0.717, 1.165) is 18.0 Å². The lowest BCUT2D eigenvalue weighted by Crippen LogP contribution is -2.28. The van der Waals surface area contributed by atoms with Crippen molar-refractivity contribution in [3.8, 4) is 0 Å². The molecule has 1 unspecified atom stereocenters. The monoisotopic (exact) mass is 180 g/mol. The maximum atomic E-state index is 5.49. The van der Waals surface area contributed by atoms with Gasteiger partial charge in [0.15, 0.2) is 0 Å². The van der Waals surface area contributed by atoms with Crippen LogP contribution in [0.4, 0.5) is 0 Å². The molecule has 3 N–H and O–H groups in total. The van der Waals surface area contributed by atoms with E-state index in [1.165, 1.54) is 12.8 Å². The number of hydrazine groups is 1. The molecule has 1 saturated carbocycles. The van der Waals surface area contributed by atoms with Crippen molar-refractivity contribution >= 4 is 0 Å². The molecule has 72 valence electrons. The molecule has 0 amide bonds. The Morgan fingerprint density at radius 2 is 2.54 bits per heavy atom. The number of rotatable bonds is 4. The van der Waals surface area contributed by atoms with Crippen LogP contribution >= 0.6 is 0 Å². The van der Waals surface area contributed by atoms with Crippen LogP contribution in [0.3, 0.4) is 0 Å². The number of nitrogens with zero attached hydrogens (tertiary/aromatic N) is 2. The van der Waals surface area contributed by atoms with Gasteiger partial charge in [-0.2, -0.15) is 0 Å². The lowest BCUT2D eigenvalue weighted by atomic mass is 10.1. The third-order valence-corrected chi connectivity index (χ3v) is 2.55. The summed E-state index contributed by atoms with van der Waals surface area (Å²) in [5.41, 5.74) is 3.88.